The first kappa shape index (κ1) is 16.3. The highest BCUT2D eigenvalue weighted by Crippen LogP contribution is 2.31. The molecule has 2 saturated heterocycles. The number of hydrogen-bond acceptors (Lipinski definition) is 4. The summed E-state index contributed by atoms with van der Waals surface area (Å²) in [5.41, 5.74) is 0. The van der Waals surface area contributed by atoms with Gasteiger partial charge in [0.05, 0.1) is 13.5 Å². The van der Waals surface area contributed by atoms with E-state index >= 15 is 0 Å². The zero-order chi connectivity index (χ0) is 15.2. The summed E-state index contributed by atoms with van der Waals surface area (Å²) >= 11 is 0. The molecule has 2 aliphatic heterocycles. The van der Waals surface area contributed by atoms with Crippen molar-refractivity contribution in [1.29, 1.82) is 0 Å². The Hall–Kier alpha value is -1.10. The van der Waals surface area contributed by atoms with E-state index in [2.05, 4.69) is 16.6 Å². The average molecular weight is 296 g/mol. The molecule has 0 aromatic rings. The fraction of sp³-hybridized carbons (Fsp3) is 0.875. The smallest absolute Gasteiger partial charge is 0.306 e. The second-order valence-electron chi connectivity index (χ2n) is 6.36. The quantitative estimate of drug-likeness (QED) is 0.528. The molecule has 0 aromatic heterocycles. The van der Waals surface area contributed by atoms with Crippen molar-refractivity contribution in [2.45, 2.75) is 39.0 Å². The van der Waals surface area contributed by atoms with Crippen molar-refractivity contribution < 1.29 is 14.3 Å². The Bertz CT molecular complexity index is 359. The fourth-order valence-electron chi connectivity index (χ4n) is 3.53. The number of fused-ring (bicyclic) bond motifs is 1. The second-order valence-corrected chi connectivity index (χ2v) is 6.36. The summed E-state index contributed by atoms with van der Waals surface area (Å²) in [6.45, 7) is 7.45. The van der Waals surface area contributed by atoms with Crippen molar-refractivity contribution in [3.8, 4) is 0 Å². The Morgan fingerprint density at radius 2 is 1.71 bits per heavy atom. The molecule has 2 heterocycles. The minimum absolute atomic E-state index is 0.104. The molecule has 1 amide bonds. The lowest BCUT2D eigenvalue weighted by Gasteiger charge is -2.21. The summed E-state index contributed by atoms with van der Waals surface area (Å²) < 4.78 is 4.58. The lowest BCUT2D eigenvalue weighted by atomic mass is 10.0. The van der Waals surface area contributed by atoms with E-state index in [1.54, 1.807) is 0 Å². The Kier molecular flexibility index (Phi) is 6.03. The van der Waals surface area contributed by atoms with Crippen LogP contribution in [0.5, 0.6) is 0 Å². The molecule has 0 saturated carbocycles. The van der Waals surface area contributed by atoms with Crippen LogP contribution < -0.4 is 0 Å². The van der Waals surface area contributed by atoms with Crippen LogP contribution in [0.25, 0.3) is 0 Å². The molecule has 120 valence electrons. The van der Waals surface area contributed by atoms with Gasteiger partial charge < -0.3 is 14.5 Å². The van der Waals surface area contributed by atoms with Crippen LogP contribution in [0, 0.1) is 11.8 Å². The van der Waals surface area contributed by atoms with Gasteiger partial charge >= 0.3 is 5.97 Å². The number of rotatable bonds is 7. The van der Waals surface area contributed by atoms with Gasteiger partial charge in [-0.1, -0.05) is 19.8 Å². The highest BCUT2D eigenvalue weighted by atomic mass is 16.5. The third-order valence-electron chi connectivity index (χ3n) is 4.76. The molecule has 0 radical (unpaired) electrons. The average Bonchev–Trinajstić information content (AvgIpc) is 3.02. The molecule has 0 spiro atoms. The van der Waals surface area contributed by atoms with Crippen LogP contribution in [0.1, 0.15) is 39.0 Å². The predicted octanol–water partition coefficient (Wildman–Crippen LogP) is 1.52. The highest BCUT2D eigenvalue weighted by molar-refractivity contribution is 5.81. The number of unbranched alkanes of at least 4 members (excludes halogenated alkanes) is 2. The maximum absolute atomic E-state index is 12.1. The van der Waals surface area contributed by atoms with Gasteiger partial charge in [0.15, 0.2) is 0 Å². The number of likely N-dealkylation sites (tertiary alicyclic amines) is 2. The first-order chi connectivity index (χ1) is 10.1. The van der Waals surface area contributed by atoms with Gasteiger partial charge in [0.2, 0.25) is 5.91 Å². The van der Waals surface area contributed by atoms with Crippen LogP contribution in [0.4, 0.5) is 0 Å². The molecule has 5 heteroatoms. The van der Waals surface area contributed by atoms with Crippen LogP contribution in [0.2, 0.25) is 0 Å². The van der Waals surface area contributed by atoms with Crippen LogP contribution >= 0.6 is 0 Å². The van der Waals surface area contributed by atoms with Gasteiger partial charge in [0.25, 0.3) is 0 Å². The molecule has 5 nitrogen and oxygen atoms in total. The molecule has 0 N–H and O–H groups in total. The minimum atomic E-state index is -0.301. The molecule has 2 aliphatic rings. The van der Waals surface area contributed by atoms with Crippen LogP contribution in [-0.2, 0) is 14.3 Å². The molecule has 0 aliphatic carbocycles. The normalized spacial score (nSPS) is 25.1. The summed E-state index contributed by atoms with van der Waals surface area (Å²) in [4.78, 5) is 27.7. The van der Waals surface area contributed by atoms with E-state index in [4.69, 9.17) is 0 Å². The fourth-order valence-corrected chi connectivity index (χ4v) is 3.53. The molecular formula is C16H28N2O3. The molecule has 2 fully saturated rings. The van der Waals surface area contributed by atoms with E-state index in [1.165, 1.54) is 32.9 Å². The Morgan fingerprint density at radius 1 is 1.05 bits per heavy atom. The third-order valence-corrected chi connectivity index (χ3v) is 4.76. The van der Waals surface area contributed by atoms with Crippen molar-refractivity contribution in [1.82, 2.24) is 9.80 Å². The minimum Gasteiger partial charge on any atom is -0.469 e. The van der Waals surface area contributed by atoms with E-state index in [0.717, 1.165) is 26.2 Å². The molecule has 2 rings (SSSR count). The van der Waals surface area contributed by atoms with Crippen molar-refractivity contribution >= 4 is 11.9 Å². The Balaban J connectivity index is 1.69. The highest BCUT2D eigenvalue weighted by Gasteiger charge is 2.40. The van der Waals surface area contributed by atoms with Gasteiger partial charge in [0, 0.05) is 32.6 Å². The number of carbonyl (C=O) groups is 2. The number of methoxy groups -OCH3 is 1. The number of amides is 1. The summed E-state index contributed by atoms with van der Waals surface area (Å²) in [5, 5.41) is 0. The van der Waals surface area contributed by atoms with Crippen LogP contribution in [-0.4, -0.2) is 61.5 Å². The number of nitrogens with zero attached hydrogens (tertiary/aromatic N) is 2. The number of hydrogen-bond donors (Lipinski definition) is 0. The maximum Gasteiger partial charge on any atom is 0.306 e. The zero-order valence-electron chi connectivity index (χ0n) is 13.3. The van der Waals surface area contributed by atoms with Crippen molar-refractivity contribution in [3.05, 3.63) is 0 Å². The van der Waals surface area contributed by atoms with Gasteiger partial charge in [-0.25, -0.2) is 0 Å². The third kappa shape index (κ3) is 4.43. The van der Waals surface area contributed by atoms with E-state index in [-0.39, 0.29) is 24.7 Å². The van der Waals surface area contributed by atoms with Gasteiger partial charge in [-0.05, 0) is 24.8 Å². The topological polar surface area (TPSA) is 49.9 Å². The predicted molar refractivity (Wildman–Crippen MR) is 80.8 cm³/mol. The van der Waals surface area contributed by atoms with Crippen LogP contribution in [0.3, 0.4) is 0 Å². The summed E-state index contributed by atoms with van der Waals surface area (Å²) in [6.07, 6.45) is 4.35. The number of carbonyl (C=O) groups excluding carboxylic acids is 2. The zero-order valence-corrected chi connectivity index (χ0v) is 13.3. The Morgan fingerprint density at radius 3 is 2.29 bits per heavy atom. The molecule has 0 unspecified atom stereocenters. The molecular weight excluding hydrogens is 268 g/mol. The standard InChI is InChI=1S/C16H28N2O3/c1-3-4-5-8-17-9-13-11-18(12-14(13)10-17)15(19)6-7-16(20)21-2/h13-14H,3-12H2,1-2H3/t13-,14+. The number of ether oxygens (including phenoxy) is 1. The van der Waals surface area contributed by atoms with Gasteiger partial charge in [-0.2, -0.15) is 0 Å². The van der Waals surface area contributed by atoms with Gasteiger partial charge in [-0.15, -0.1) is 0 Å². The molecule has 21 heavy (non-hydrogen) atoms. The molecule has 0 bridgehead atoms. The van der Waals surface area contributed by atoms with E-state index in [1.807, 2.05) is 4.90 Å². The summed E-state index contributed by atoms with van der Waals surface area (Å²) in [6, 6.07) is 0. The monoisotopic (exact) mass is 296 g/mol. The van der Waals surface area contributed by atoms with Gasteiger partial charge in [-0.3, -0.25) is 9.59 Å². The van der Waals surface area contributed by atoms with E-state index < -0.39 is 0 Å². The van der Waals surface area contributed by atoms with Gasteiger partial charge in [0.1, 0.15) is 0 Å². The largest absolute Gasteiger partial charge is 0.469 e. The van der Waals surface area contributed by atoms with E-state index in [0.29, 0.717) is 11.8 Å². The van der Waals surface area contributed by atoms with E-state index in [9.17, 15) is 9.59 Å². The second kappa shape index (κ2) is 7.78. The van der Waals surface area contributed by atoms with Crippen molar-refractivity contribution in [3.63, 3.8) is 0 Å². The maximum atomic E-state index is 12.1. The summed E-state index contributed by atoms with van der Waals surface area (Å²) in [5.74, 6) is 1.07. The number of esters is 1. The molecule has 0 aromatic carbocycles. The van der Waals surface area contributed by atoms with Crippen LogP contribution in [0.15, 0.2) is 0 Å². The first-order valence-electron chi connectivity index (χ1n) is 8.21. The Labute approximate surface area is 127 Å². The summed E-state index contributed by atoms with van der Waals surface area (Å²) in [7, 11) is 1.36. The van der Waals surface area contributed by atoms with Crippen molar-refractivity contribution in [2.75, 3.05) is 39.8 Å². The SMILES string of the molecule is CCCCCN1C[C@@H]2CN(C(=O)CCC(=O)OC)C[C@@H]2C1. The lowest BCUT2D eigenvalue weighted by Crippen LogP contribution is -2.33. The first-order valence-corrected chi connectivity index (χ1v) is 8.21. The molecule has 2 atom stereocenters. The van der Waals surface area contributed by atoms with Crippen molar-refractivity contribution in [2.24, 2.45) is 11.8 Å². The lowest BCUT2D eigenvalue weighted by molar-refractivity contribution is -0.143.